The van der Waals surface area contributed by atoms with Crippen molar-refractivity contribution in [1.29, 1.82) is 0 Å². The van der Waals surface area contributed by atoms with Gasteiger partial charge in [-0.15, -0.1) is 0 Å². The van der Waals surface area contributed by atoms with Crippen LogP contribution in [-0.4, -0.2) is 32.5 Å². The summed E-state index contributed by atoms with van der Waals surface area (Å²) in [6, 6.07) is 0.524. The van der Waals surface area contributed by atoms with E-state index in [1.54, 1.807) is 13.8 Å². The third-order valence-electron chi connectivity index (χ3n) is 5.24. The minimum absolute atomic E-state index is 0.0791. The quantitative estimate of drug-likeness (QED) is 0.819. The van der Waals surface area contributed by atoms with Crippen LogP contribution in [0.3, 0.4) is 0 Å². The van der Waals surface area contributed by atoms with Gasteiger partial charge < -0.3 is 5.32 Å². The van der Waals surface area contributed by atoms with Crippen molar-refractivity contribution in [3.8, 4) is 0 Å². The topological polar surface area (TPSA) is 46.2 Å². The van der Waals surface area contributed by atoms with Gasteiger partial charge in [-0.3, -0.25) is 0 Å². The fourth-order valence-electron chi connectivity index (χ4n) is 3.46. The molecule has 0 heterocycles. The van der Waals surface area contributed by atoms with Crippen LogP contribution in [0.25, 0.3) is 0 Å². The highest BCUT2D eigenvalue weighted by Gasteiger charge is 2.38. The minimum atomic E-state index is -2.93. The Kier molecular flexibility index (Phi) is 6.09. The van der Waals surface area contributed by atoms with Crippen LogP contribution in [0.15, 0.2) is 0 Å². The molecule has 1 aliphatic carbocycles. The second kappa shape index (κ2) is 6.78. The lowest BCUT2D eigenvalue weighted by Crippen LogP contribution is -2.46. The van der Waals surface area contributed by atoms with Crippen molar-refractivity contribution in [2.75, 3.05) is 12.8 Å². The maximum absolute atomic E-state index is 12.0. The highest BCUT2D eigenvalue weighted by Crippen LogP contribution is 2.42. The lowest BCUT2D eigenvalue weighted by Gasteiger charge is -2.44. The number of nitrogens with one attached hydrogen (secondary N) is 1. The van der Waals surface area contributed by atoms with Gasteiger partial charge in [0.05, 0.1) is 11.0 Å². The van der Waals surface area contributed by atoms with Crippen LogP contribution in [0, 0.1) is 17.3 Å². The fraction of sp³-hybridized carbons (Fsp3) is 1.00. The fourth-order valence-corrected chi connectivity index (χ4v) is 4.74. The van der Waals surface area contributed by atoms with Crippen molar-refractivity contribution in [2.45, 2.75) is 71.6 Å². The summed E-state index contributed by atoms with van der Waals surface area (Å²) in [5.74, 6) is 1.67. The third-order valence-corrected chi connectivity index (χ3v) is 7.45. The number of hydrogen-bond donors (Lipinski definition) is 1. The van der Waals surface area contributed by atoms with Crippen LogP contribution in [0.4, 0.5) is 0 Å². The summed E-state index contributed by atoms with van der Waals surface area (Å²) < 4.78 is 24.1. The second-order valence-electron chi connectivity index (χ2n) is 7.57. The molecule has 1 N–H and O–H groups in total. The summed E-state index contributed by atoms with van der Waals surface area (Å²) in [5.41, 5.74) is 0.0791. The predicted molar refractivity (Wildman–Crippen MR) is 86.7 cm³/mol. The molecule has 3 unspecified atom stereocenters. The molecular weight excluding hydrogens is 270 g/mol. The van der Waals surface area contributed by atoms with Gasteiger partial charge in [-0.25, -0.2) is 8.42 Å². The SMILES string of the molecule is CNC1CC(C)CCC1C(C)(C)CCS(=O)(=O)C(C)C. The standard InChI is InChI=1S/C16H33NO2S/c1-12(2)20(18,19)10-9-16(4,5)14-8-7-13(3)11-15(14)17-6/h12-15,17H,7-11H2,1-6H3. The van der Waals surface area contributed by atoms with E-state index in [1.165, 1.54) is 19.3 Å². The molecular formula is C16H33NO2S. The molecule has 0 radical (unpaired) electrons. The first-order valence-corrected chi connectivity index (χ1v) is 9.70. The zero-order chi connectivity index (χ0) is 15.6. The van der Waals surface area contributed by atoms with E-state index in [4.69, 9.17) is 0 Å². The molecule has 0 amide bonds. The lowest BCUT2D eigenvalue weighted by molar-refractivity contribution is 0.0952. The van der Waals surface area contributed by atoms with Crippen LogP contribution in [0.5, 0.6) is 0 Å². The number of hydrogen-bond acceptors (Lipinski definition) is 3. The first-order valence-electron chi connectivity index (χ1n) is 7.99. The molecule has 0 saturated heterocycles. The average Bonchev–Trinajstić information content (AvgIpc) is 2.36. The summed E-state index contributed by atoms with van der Waals surface area (Å²) in [5, 5.41) is 3.20. The maximum atomic E-state index is 12.0. The summed E-state index contributed by atoms with van der Waals surface area (Å²) >= 11 is 0. The van der Waals surface area contributed by atoms with Crippen LogP contribution in [0.2, 0.25) is 0 Å². The average molecular weight is 304 g/mol. The molecule has 1 saturated carbocycles. The largest absolute Gasteiger partial charge is 0.317 e. The van der Waals surface area contributed by atoms with Gasteiger partial charge in [-0.1, -0.05) is 27.2 Å². The summed E-state index contributed by atoms with van der Waals surface area (Å²) in [6.07, 6.45) is 4.46. The normalized spacial score (nSPS) is 28.9. The summed E-state index contributed by atoms with van der Waals surface area (Å²) in [4.78, 5) is 0. The second-order valence-corrected chi connectivity index (χ2v) is 10.3. The van der Waals surface area contributed by atoms with Crippen molar-refractivity contribution in [1.82, 2.24) is 5.32 Å². The van der Waals surface area contributed by atoms with Crippen molar-refractivity contribution in [3.05, 3.63) is 0 Å². The molecule has 0 spiro atoms. The Bertz CT molecular complexity index is 401. The summed E-state index contributed by atoms with van der Waals surface area (Å²) in [7, 11) is -0.887. The minimum Gasteiger partial charge on any atom is -0.317 e. The molecule has 1 aliphatic rings. The van der Waals surface area contributed by atoms with Gasteiger partial charge in [-0.2, -0.15) is 0 Å². The van der Waals surface area contributed by atoms with E-state index in [0.29, 0.717) is 17.7 Å². The van der Waals surface area contributed by atoms with E-state index in [0.717, 1.165) is 12.3 Å². The Labute approximate surface area is 125 Å². The van der Waals surface area contributed by atoms with Gasteiger partial charge in [0.15, 0.2) is 9.84 Å². The summed E-state index contributed by atoms with van der Waals surface area (Å²) in [6.45, 7) is 10.4. The smallest absolute Gasteiger partial charge is 0.152 e. The van der Waals surface area contributed by atoms with E-state index in [1.807, 2.05) is 7.05 Å². The molecule has 3 atom stereocenters. The molecule has 20 heavy (non-hydrogen) atoms. The zero-order valence-electron chi connectivity index (χ0n) is 14.1. The van der Waals surface area contributed by atoms with E-state index in [-0.39, 0.29) is 10.7 Å². The molecule has 3 nitrogen and oxygen atoms in total. The molecule has 1 fully saturated rings. The highest BCUT2D eigenvalue weighted by atomic mass is 32.2. The number of sulfone groups is 1. The first kappa shape index (κ1) is 18.0. The predicted octanol–water partition coefficient (Wildman–Crippen LogP) is 3.25. The molecule has 1 rings (SSSR count). The van der Waals surface area contributed by atoms with Gasteiger partial charge in [0, 0.05) is 6.04 Å². The molecule has 0 aromatic rings. The Balaban J connectivity index is 2.72. The van der Waals surface area contributed by atoms with Crippen LogP contribution in [0.1, 0.15) is 60.3 Å². The van der Waals surface area contributed by atoms with Crippen molar-refractivity contribution in [3.63, 3.8) is 0 Å². The van der Waals surface area contributed by atoms with Gasteiger partial charge in [-0.05, 0) is 57.4 Å². The van der Waals surface area contributed by atoms with Crippen LogP contribution in [-0.2, 0) is 9.84 Å². The van der Waals surface area contributed by atoms with Crippen LogP contribution < -0.4 is 5.32 Å². The van der Waals surface area contributed by atoms with E-state index in [2.05, 4.69) is 26.1 Å². The van der Waals surface area contributed by atoms with Gasteiger partial charge in [0.2, 0.25) is 0 Å². The Morgan fingerprint density at radius 2 is 1.85 bits per heavy atom. The van der Waals surface area contributed by atoms with Crippen molar-refractivity contribution < 1.29 is 8.42 Å². The molecule has 0 aliphatic heterocycles. The lowest BCUT2D eigenvalue weighted by atomic mass is 9.65. The molecule has 0 aromatic carbocycles. The van der Waals surface area contributed by atoms with E-state index in [9.17, 15) is 8.42 Å². The van der Waals surface area contributed by atoms with Crippen LogP contribution >= 0.6 is 0 Å². The maximum Gasteiger partial charge on any atom is 0.152 e. The van der Waals surface area contributed by atoms with Gasteiger partial charge in [0.25, 0.3) is 0 Å². The monoisotopic (exact) mass is 303 g/mol. The van der Waals surface area contributed by atoms with Gasteiger partial charge in [0.1, 0.15) is 0 Å². The molecule has 120 valence electrons. The van der Waals surface area contributed by atoms with Gasteiger partial charge >= 0.3 is 0 Å². The van der Waals surface area contributed by atoms with E-state index >= 15 is 0 Å². The first-order chi connectivity index (χ1) is 9.10. The van der Waals surface area contributed by atoms with Crippen molar-refractivity contribution >= 4 is 9.84 Å². The third kappa shape index (κ3) is 4.45. The molecule has 0 aromatic heterocycles. The van der Waals surface area contributed by atoms with E-state index < -0.39 is 9.84 Å². The Morgan fingerprint density at radius 1 is 1.25 bits per heavy atom. The Morgan fingerprint density at radius 3 is 2.35 bits per heavy atom. The molecule has 4 heteroatoms. The molecule has 0 bridgehead atoms. The Hall–Kier alpha value is -0.0900. The number of rotatable bonds is 6. The highest BCUT2D eigenvalue weighted by molar-refractivity contribution is 7.91. The zero-order valence-corrected chi connectivity index (χ0v) is 14.9. The van der Waals surface area contributed by atoms with Crippen molar-refractivity contribution in [2.24, 2.45) is 17.3 Å².